The van der Waals surface area contributed by atoms with Gasteiger partial charge in [-0.3, -0.25) is 4.79 Å². The molecule has 1 heterocycles. The molecule has 5 nitrogen and oxygen atoms in total. The number of carbonyl (C=O) groups excluding carboxylic acids is 2. The summed E-state index contributed by atoms with van der Waals surface area (Å²) in [6.45, 7) is 6.16. The Hall–Kier alpha value is -1.82. The minimum atomic E-state index is -0.567. The smallest absolute Gasteiger partial charge is 0.410 e. The summed E-state index contributed by atoms with van der Waals surface area (Å²) < 4.78 is 18.4. The van der Waals surface area contributed by atoms with Gasteiger partial charge in [0.25, 0.3) is 0 Å². The van der Waals surface area contributed by atoms with E-state index >= 15 is 0 Å². The number of ether oxygens (including phenoxy) is 1. The van der Waals surface area contributed by atoms with Crippen LogP contribution < -0.4 is 5.32 Å². The molecular weight excluding hydrogens is 323 g/mol. The van der Waals surface area contributed by atoms with E-state index in [1.54, 1.807) is 20.8 Å². The van der Waals surface area contributed by atoms with E-state index in [1.807, 2.05) is 0 Å². The van der Waals surface area contributed by atoms with Gasteiger partial charge in [-0.15, -0.1) is 0 Å². The Bertz CT molecular complexity index is 616. The molecule has 1 aliphatic heterocycles. The van der Waals surface area contributed by atoms with Crippen LogP contribution in [-0.2, 0) is 9.53 Å². The molecule has 1 aromatic rings. The third-order valence-electron chi connectivity index (χ3n) is 3.40. The normalized spacial score (nSPS) is 18.0. The largest absolute Gasteiger partial charge is 0.444 e. The molecule has 0 bridgehead atoms. The Morgan fingerprint density at radius 3 is 2.70 bits per heavy atom. The van der Waals surface area contributed by atoms with Crippen LogP contribution in [0.1, 0.15) is 27.2 Å². The van der Waals surface area contributed by atoms with Crippen LogP contribution in [0.4, 0.5) is 14.9 Å². The van der Waals surface area contributed by atoms with Crippen LogP contribution in [0.15, 0.2) is 18.2 Å². The number of hydrogen-bond donors (Lipinski definition) is 1. The van der Waals surface area contributed by atoms with E-state index in [0.717, 1.165) is 0 Å². The van der Waals surface area contributed by atoms with Crippen molar-refractivity contribution in [3.05, 3.63) is 29.0 Å². The molecule has 0 aromatic heterocycles. The molecule has 2 rings (SSSR count). The standard InChI is InChI=1S/C16H20ClFN2O3/c1-16(2,3)23-15(22)20-7-6-10(9-20)14(21)19-11-4-5-13(18)12(17)8-11/h4-5,8,10H,6-7,9H2,1-3H3,(H,19,21)/t10-/m0/s1. The summed E-state index contributed by atoms with van der Waals surface area (Å²) in [7, 11) is 0. The van der Waals surface area contributed by atoms with Crippen molar-refractivity contribution in [3.8, 4) is 0 Å². The van der Waals surface area contributed by atoms with E-state index in [1.165, 1.54) is 23.1 Å². The molecule has 1 aromatic carbocycles. The molecule has 0 saturated carbocycles. The first-order valence-electron chi connectivity index (χ1n) is 7.39. The molecule has 1 atom stereocenters. The second-order valence-corrected chi connectivity index (χ2v) is 6.94. The Kier molecular flexibility index (Phi) is 5.14. The van der Waals surface area contributed by atoms with Gasteiger partial charge < -0.3 is 15.0 Å². The fraction of sp³-hybridized carbons (Fsp3) is 0.500. The number of anilines is 1. The average Bonchev–Trinajstić information content (AvgIpc) is 2.91. The Morgan fingerprint density at radius 2 is 2.09 bits per heavy atom. The number of nitrogens with one attached hydrogen (secondary N) is 1. The maximum atomic E-state index is 13.1. The van der Waals surface area contributed by atoms with Crippen LogP contribution in [-0.4, -0.2) is 35.6 Å². The fourth-order valence-electron chi connectivity index (χ4n) is 2.28. The molecule has 0 spiro atoms. The molecule has 0 radical (unpaired) electrons. The van der Waals surface area contributed by atoms with Crippen molar-refractivity contribution >= 4 is 29.3 Å². The van der Waals surface area contributed by atoms with Crippen molar-refractivity contribution in [1.29, 1.82) is 0 Å². The quantitative estimate of drug-likeness (QED) is 0.892. The monoisotopic (exact) mass is 342 g/mol. The van der Waals surface area contributed by atoms with Crippen LogP contribution in [0.3, 0.4) is 0 Å². The Morgan fingerprint density at radius 1 is 1.39 bits per heavy atom. The number of hydrogen-bond acceptors (Lipinski definition) is 3. The first-order valence-corrected chi connectivity index (χ1v) is 7.77. The van der Waals surface area contributed by atoms with E-state index in [-0.39, 0.29) is 16.8 Å². The lowest BCUT2D eigenvalue weighted by Gasteiger charge is -2.24. The van der Waals surface area contributed by atoms with E-state index in [2.05, 4.69) is 5.32 Å². The highest BCUT2D eigenvalue weighted by Gasteiger charge is 2.33. The van der Waals surface area contributed by atoms with Crippen LogP contribution in [0.5, 0.6) is 0 Å². The molecule has 1 aliphatic rings. The van der Waals surface area contributed by atoms with Crippen molar-refractivity contribution in [2.45, 2.75) is 32.8 Å². The SMILES string of the molecule is CC(C)(C)OC(=O)N1CC[C@H](C(=O)Nc2ccc(F)c(Cl)c2)C1. The number of rotatable bonds is 2. The van der Waals surface area contributed by atoms with Crippen LogP contribution in [0.2, 0.25) is 5.02 Å². The second kappa shape index (κ2) is 6.74. The second-order valence-electron chi connectivity index (χ2n) is 6.53. The minimum absolute atomic E-state index is 0.0513. The van der Waals surface area contributed by atoms with Gasteiger partial charge in [0, 0.05) is 18.8 Å². The number of likely N-dealkylation sites (tertiary alicyclic amines) is 1. The first kappa shape index (κ1) is 17.5. The third-order valence-corrected chi connectivity index (χ3v) is 3.69. The topological polar surface area (TPSA) is 58.6 Å². The first-order chi connectivity index (χ1) is 10.7. The van der Waals surface area contributed by atoms with Gasteiger partial charge in [-0.05, 0) is 45.4 Å². The summed E-state index contributed by atoms with van der Waals surface area (Å²) in [6.07, 6.45) is 0.137. The summed E-state index contributed by atoms with van der Waals surface area (Å²) in [5.41, 5.74) is -0.139. The third kappa shape index (κ3) is 4.82. The summed E-state index contributed by atoms with van der Waals surface area (Å²) in [5.74, 6) is -1.09. The lowest BCUT2D eigenvalue weighted by molar-refractivity contribution is -0.119. The molecule has 7 heteroatoms. The van der Waals surface area contributed by atoms with Gasteiger partial charge in [-0.25, -0.2) is 9.18 Å². The molecule has 2 amide bonds. The number of carbonyl (C=O) groups is 2. The number of nitrogens with zero attached hydrogens (tertiary/aromatic N) is 1. The molecule has 1 saturated heterocycles. The van der Waals surface area contributed by atoms with Crippen LogP contribution >= 0.6 is 11.6 Å². The van der Waals surface area contributed by atoms with Gasteiger partial charge in [0.05, 0.1) is 10.9 Å². The van der Waals surface area contributed by atoms with E-state index in [4.69, 9.17) is 16.3 Å². The maximum Gasteiger partial charge on any atom is 0.410 e. The lowest BCUT2D eigenvalue weighted by Crippen LogP contribution is -2.36. The van der Waals surface area contributed by atoms with Gasteiger partial charge in [-0.2, -0.15) is 0 Å². The van der Waals surface area contributed by atoms with Crippen LogP contribution in [0.25, 0.3) is 0 Å². The fourth-order valence-corrected chi connectivity index (χ4v) is 2.47. The zero-order valence-electron chi connectivity index (χ0n) is 13.4. The molecule has 1 N–H and O–H groups in total. The molecule has 0 unspecified atom stereocenters. The Labute approximate surface area is 139 Å². The summed E-state index contributed by atoms with van der Waals surface area (Å²) >= 11 is 5.69. The molecular formula is C16H20ClFN2O3. The average molecular weight is 343 g/mol. The van der Waals surface area contributed by atoms with Crippen molar-refractivity contribution < 1.29 is 18.7 Å². The Balaban J connectivity index is 1.92. The molecule has 0 aliphatic carbocycles. The summed E-state index contributed by atoms with van der Waals surface area (Å²) in [4.78, 5) is 25.7. The maximum absolute atomic E-state index is 13.1. The van der Waals surface area contributed by atoms with Gasteiger partial charge in [0.15, 0.2) is 0 Å². The molecule has 1 fully saturated rings. The van der Waals surface area contributed by atoms with Crippen molar-refractivity contribution in [3.63, 3.8) is 0 Å². The predicted octanol–water partition coefficient (Wildman–Crippen LogP) is 3.67. The zero-order chi connectivity index (χ0) is 17.2. The van der Waals surface area contributed by atoms with Gasteiger partial charge >= 0.3 is 6.09 Å². The summed E-state index contributed by atoms with van der Waals surface area (Å²) in [5, 5.41) is 2.64. The zero-order valence-corrected chi connectivity index (χ0v) is 14.1. The highest BCUT2D eigenvalue weighted by molar-refractivity contribution is 6.31. The highest BCUT2D eigenvalue weighted by Crippen LogP contribution is 2.23. The molecule has 126 valence electrons. The van der Waals surface area contributed by atoms with Crippen molar-refractivity contribution in [2.24, 2.45) is 5.92 Å². The summed E-state index contributed by atoms with van der Waals surface area (Å²) in [6, 6.07) is 3.99. The van der Waals surface area contributed by atoms with Gasteiger partial charge in [0.2, 0.25) is 5.91 Å². The van der Waals surface area contributed by atoms with Crippen LogP contribution in [0, 0.1) is 11.7 Å². The molecule has 23 heavy (non-hydrogen) atoms. The van der Waals surface area contributed by atoms with Crippen molar-refractivity contribution in [2.75, 3.05) is 18.4 Å². The highest BCUT2D eigenvalue weighted by atomic mass is 35.5. The van der Waals surface area contributed by atoms with E-state index in [0.29, 0.717) is 25.2 Å². The van der Waals surface area contributed by atoms with E-state index in [9.17, 15) is 14.0 Å². The van der Waals surface area contributed by atoms with Gasteiger partial charge in [0.1, 0.15) is 11.4 Å². The minimum Gasteiger partial charge on any atom is -0.444 e. The number of halogens is 2. The predicted molar refractivity (Wildman–Crippen MR) is 86.0 cm³/mol. The van der Waals surface area contributed by atoms with Gasteiger partial charge in [-0.1, -0.05) is 11.6 Å². The number of amides is 2. The van der Waals surface area contributed by atoms with E-state index < -0.39 is 17.5 Å². The number of benzene rings is 1. The van der Waals surface area contributed by atoms with Crippen molar-refractivity contribution in [1.82, 2.24) is 4.90 Å². The lowest BCUT2D eigenvalue weighted by atomic mass is 10.1.